The highest BCUT2D eigenvalue weighted by atomic mass is 16.2. The predicted octanol–water partition coefficient (Wildman–Crippen LogP) is 1.19. The number of aryl methyl sites for hydroxylation is 1. The summed E-state index contributed by atoms with van der Waals surface area (Å²) in [6, 6.07) is 1.88. The molecule has 0 unspecified atom stereocenters. The smallest absolute Gasteiger partial charge is 0.271 e. The first-order valence-electron chi connectivity index (χ1n) is 4.81. The van der Waals surface area contributed by atoms with Crippen molar-refractivity contribution in [3.8, 4) is 0 Å². The highest BCUT2D eigenvalue weighted by Gasteiger charge is 2.13. The van der Waals surface area contributed by atoms with E-state index in [1.54, 1.807) is 24.0 Å². The summed E-state index contributed by atoms with van der Waals surface area (Å²) >= 11 is 0. The first-order chi connectivity index (χ1) is 6.50. The van der Waals surface area contributed by atoms with E-state index >= 15 is 0 Å². The predicted molar refractivity (Wildman–Crippen MR) is 55.0 cm³/mol. The number of rotatable bonds is 3. The quantitative estimate of drug-likeness (QED) is 0.787. The zero-order valence-corrected chi connectivity index (χ0v) is 9.11. The van der Waals surface area contributed by atoms with Crippen LogP contribution in [0.2, 0.25) is 0 Å². The van der Waals surface area contributed by atoms with E-state index in [0.29, 0.717) is 11.6 Å². The Balaban J connectivity index is 2.59. The molecule has 0 fully saturated rings. The molecule has 0 aromatic carbocycles. The van der Waals surface area contributed by atoms with Crippen LogP contribution in [0.15, 0.2) is 12.3 Å². The van der Waals surface area contributed by atoms with E-state index in [0.717, 1.165) is 0 Å². The van der Waals surface area contributed by atoms with Gasteiger partial charge in [-0.1, -0.05) is 13.8 Å². The minimum Gasteiger partial charge on any atom is -0.348 e. The molecule has 1 aromatic rings. The van der Waals surface area contributed by atoms with Crippen LogP contribution in [0.5, 0.6) is 0 Å². The van der Waals surface area contributed by atoms with E-state index < -0.39 is 0 Å². The third-order valence-electron chi connectivity index (χ3n) is 2.31. The van der Waals surface area contributed by atoms with E-state index in [2.05, 4.69) is 24.3 Å². The second-order valence-corrected chi connectivity index (χ2v) is 3.88. The molecule has 1 rings (SSSR count). The summed E-state index contributed by atoms with van der Waals surface area (Å²) in [5, 5.41) is 6.92. The number of nitrogens with zero attached hydrogens (tertiary/aromatic N) is 2. The van der Waals surface area contributed by atoms with Gasteiger partial charge in [-0.05, 0) is 18.9 Å². The lowest BCUT2D eigenvalue weighted by atomic mass is 10.1. The molecule has 0 radical (unpaired) electrons. The summed E-state index contributed by atoms with van der Waals surface area (Å²) in [5.41, 5.74) is 0.472. The fourth-order valence-electron chi connectivity index (χ4n) is 0.984. The molecule has 1 heterocycles. The van der Waals surface area contributed by atoms with Gasteiger partial charge in [0.15, 0.2) is 0 Å². The highest BCUT2D eigenvalue weighted by Crippen LogP contribution is 2.01. The van der Waals surface area contributed by atoms with Gasteiger partial charge in [0, 0.05) is 19.3 Å². The number of hydrogen-bond acceptors (Lipinski definition) is 2. The first kappa shape index (κ1) is 10.8. The van der Waals surface area contributed by atoms with Gasteiger partial charge in [0.2, 0.25) is 0 Å². The lowest BCUT2D eigenvalue weighted by molar-refractivity contribution is 0.0924. The number of nitrogens with one attached hydrogen (secondary N) is 1. The maximum absolute atomic E-state index is 11.6. The molecule has 4 nitrogen and oxygen atoms in total. The number of carbonyl (C=O) groups excluding carboxylic acids is 1. The molecule has 0 saturated heterocycles. The molecule has 0 saturated carbocycles. The van der Waals surface area contributed by atoms with E-state index in [4.69, 9.17) is 0 Å². The van der Waals surface area contributed by atoms with Gasteiger partial charge in [-0.25, -0.2) is 0 Å². The largest absolute Gasteiger partial charge is 0.348 e. The SMILES string of the molecule is CC(C)[C@@H](C)NC(=O)c1ccn(C)n1. The molecule has 0 aliphatic rings. The van der Waals surface area contributed by atoms with Crippen molar-refractivity contribution >= 4 is 5.91 Å². The van der Waals surface area contributed by atoms with Crippen molar-refractivity contribution in [1.82, 2.24) is 15.1 Å². The van der Waals surface area contributed by atoms with Crippen molar-refractivity contribution in [2.45, 2.75) is 26.8 Å². The molecule has 14 heavy (non-hydrogen) atoms. The third-order valence-corrected chi connectivity index (χ3v) is 2.31. The molecule has 1 aromatic heterocycles. The third kappa shape index (κ3) is 2.58. The summed E-state index contributed by atoms with van der Waals surface area (Å²) in [6.07, 6.45) is 1.76. The summed E-state index contributed by atoms with van der Waals surface area (Å²) in [5.74, 6) is 0.328. The number of aromatic nitrogens is 2. The summed E-state index contributed by atoms with van der Waals surface area (Å²) in [4.78, 5) is 11.6. The van der Waals surface area contributed by atoms with Crippen molar-refractivity contribution in [3.05, 3.63) is 18.0 Å². The molecule has 0 bridgehead atoms. The topological polar surface area (TPSA) is 46.9 Å². The second kappa shape index (κ2) is 4.26. The zero-order valence-electron chi connectivity index (χ0n) is 9.11. The summed E-state index contributed by atoms with van der Waals surface area (Å²) in [6.45, 7) is 6.14. The summed E-state index contributed by atoms with van der Waals surface area (Å²) < 4.78 is 1.62. The maximum Gasteiger partial charge on any atom is 0.271 e. The Kier molecular flexibility index (Phi) is 3.28. The van der Waals surface area contributed by atoms with Gasteiger partial charge >= 0.3 is 0 Å². The molecule has 1 amide bonds. The minimum absolute atomic E-state index is 0.105. The molecular formula is C10H17N3O. The maximum atomic E-state index is 11.6. The van der Waals surface area contributed by atoms with Crippen LogP contribution >= 0.6 is 0 Å². The average molecular weight is 195 g/mol. The van der Waals surface area contributed by atoms with Crippen molar-refractivity contribution in [2.24, 2.45) is 13.0 Å². The highest BCUT2D eigenvalue weighted by molar-refractivity contribution is 5.92. The molecule has 1 atom stereocenters. The Bertz CT molecular complexity index is 317. The summed E-state index contributed by atoms with van der Waals surface area (Å²) in [7, 11) is 1.79. The minimum atomic E-state index is -0.105. The van der Waals surface area contributed by atoms with Gasteiger partial charge in [-0.3, -0.25) is 9.48 Å². The normalized spacial score (nSPS) is 12.9. The van der Waals surface area contributed by atoms with Crippen LogP contribution in [0.25, 0.3) is 0 Å². The van der Waals surface area contributed by atoms with E-state index in [1.165, 1.54) is 0 Å². The fraction of sp³-hybridized carbons (Fsp3) is 0.600. The first-order valence-corrected chi connectivity index (χ1v) is 4.81. The molecule has 0 spiro atoms. The van der Waals surface area contributed by atoms with Crippen LogP contribution in [0.4, 0.5) is 0 Å². The van der Waals surface area contributed by atoms with Gasteiger partial charge in [0.1, 0.15) is 5.69 Å². The molecule has 1 N–H and O–H groups in total. The van der Waals surface area contributed by atoms with Gasteiger partial charge in [0.05, 0.1) is 0 Å². The van der Waals surface area contributed by atoms with Gasteiger partial charge in [-0.15, -0.1) is 0 Å². The number of amides is 1. The van der Waals surface area contributed by atoms with Gasteiger partial charge in [-0.2, -0.15) is 5.10 Å². The van der Waals surface area contributed by atoms with E-state index in [-0.39, 0.29) is 11.9 Å². The molecule has 0 aliphatic heterocycles. The van der Waals surface area contributed by atoms with Crippen LogP contribution in [-0.2, 0) is 7.05 Å². The lowest BCUT2D eigenvalue weighted by Crippen LogP contribution is -2.36. The van der Waals surface area contributed by atoms with Crippen LogP contribution < -0.4 is 5.32 Å². The van der Waals surface area contributed by atoms with Crippen LogP contribution in [0.3, 0.4) is 0 Å². The van der Waals surface area contributed by atoms with E-state index in [9.17, 15) is 4.79 Å². The van der Waals surface area contributed by atoms with E-state index in [1.807, 2.05) is 6.92 Å². The van der Waals surface area contributed by atoms with Crippen molar-refractivity contribution in [1.29, 1.82) is 0 Å². The Hall–Kier alpha value is -1.32. The standard InChI is InChI=1S/C10H17N3O/c1-7(2)8(3)11-10(14)9-5-6-13(4)12-9/h5-8H,1-4H3,(H,11,14)/t8-/m1/s1. The molecule has 78 valence electrons. The Labute approximate surface area is 84.3 Å². The van der Waals surface area contributed by atoms with Gasteiger partial charge in [0.25, 0.3) is 5.91 Å². The fourth-order valence-corrected chi connectivity index (χ4v) is 0.984. The van der Waals surface area contributed by atoms with Crippen molar-refractivity contribution < 1.29 is 4.79 Å². The monoisotopic (exact) mass is 195 g/mol. The van der Waals surface area contributed by atoms with Crippen molar-refractivity contribution in [2.75, 3.05) is 0 Å². The Morgan fingerprint density at radius 3 is 2.57 bits per heavy atom. The van der Waals surface area contributed by atoms with Crippen LogP contribution in [0.1, 0.15) is 31.3 Å². The zero-order chi connectivity index (χ0) is 10.7. The second-order valence-electron chi connectivity index (χ2n) is 3.88. The molecular weight excluding hydrogens is 178 g/mol. The lowest BCUT2D eigenvalue weighted by Gasteiger charge is -2.16. The molecule has 0 aliphatic carbocycles. The number of hydrogen-bond donors (Lipinski definition) is 1. The van der Waals surface area contributed by atoms with Crippen molar-refractivity contribution in [3.63, 3.8) is 0 Å². The number of carbonyl (C=O) groups is 1. The van der Waals surface area contributed by atoms with Gasteiger partial charge < -0.3 is 5.32 Å². The van der Waals surface area contributed by atoms with Crippen LogP contribution in [0, 0.1) is 5.92 Å². The Morgan fingerprint density at radius 1 is 1.50 bits per heavy atom. The molecule has 4 heteroatoms. The Morgan fingerprint density at radius 2 is 2.14 bits per heavy atom. The van der Waals surface area contributed by atoms with Crippen LogP contribution in [-0.4, -0.2) is 21.7 Å². The average Bonchev–Trinajstić information content (AvgIpc) is 2.51.